The molecule has 8 nitrogen and oxygen atoms in total. The van der Waals surface area contributed by atoms with Crippen LogP contribution in [0.1, 0.15) is 0 Å². The Kier molecular flexibility index (Phi) is 4.48. The van der Waals surface area contributed by atoms with Crippen LogP contribution in [0.2, 0.25) is 0 Å². The molecule has 0 aliphatic carbocycles. The fraction of sp³-hybridized carbons (Fsp3) is 0. The van der Waals surface area contributed by atoms with Crippen LogP contribution in [-0.4, -0.2) is 17.0 Å². The minimum absolute atomic E-state index is 0.00674. The molecule has 4 aromatic carbocycles. The zero-order valence-corrected chi connectivity index (χ0v) is 16.2. The van der Waals surface area contributed by atoms with Gasteiger partial charge in [-0.05, 0) is 53.3 Å². The van der Waals surface area contributed by atoms with Gasteiger partial charge < -0.3 is 15.6 Å². The van der Waals surface area contributed by atoms with E-state index in [2.05, 4.69) is 32.8 Å². The first-order valence-corrected chi connectivity index (χ1v) is 9.62. The third-order valence-corrected chi connectivity index (χ3v) is 5.16. The summed E-state index contributed by atoms with van der Waals surface area (Å²) in [6.07, 6.45) is 0. The molecule has 0 unspecified atom stereocenters. The smallest absolute Gasteiger partial charge is 0.408 e. The highest BCUT2D eigenvalue weighted by atomic mass is 16.6. The van der Waals surface area contributed by atoms with Crippen LogP contribution in [0, 0.1) is 10.1 Å². The van der Waals surface area contributed by atoms with Crippen LogP contribution in [0.15, 0.2) is 89.1 Å². The van der Waals surface area contributed by atoms with Crippen molar-refractivity contribution in [2.75, 3.05) is 10.5 Å². The third kappa shape index (κ3) is 3.53. The van der Waals surface area contributed by atoms with Crippen molar-refractivity contribution in [1.29, 1.82) is 0 Å². The maximum atomic E-state index is 10.8. The standard InChI is InChI=1S/C22H16BN5O3/c29-17-11-12-19(27-26-15-7-9-16(10-8-15)28(30)31)18(13-17)23-24-20-5-1-3-14-4-2-6-21(25-23)22(14)20/h1-13,24-25,29H. The number of nitrogens with zero attached hydrogens (tertiary/aromatic N) is 3. The number of aromatic hydroxyl groups is 1. The third-order valence-electron chi connectivity index (χ3n) is 5.16. The van der Waals surface area contributed by atoms with Crippen LogP contribution < -0.4 is 15.9 Å². The maximum absolute atomic E-state index is 10.8. The summed E-state index contributed by atoms with van der Waals surface area (Å²) in [4.78, 5) is 10.4. The number of non-ortho nitro benzene ring substituents is 1. The predicted octanol–water partition coefficient (Wildman–Crippen LogP) is 5.10. The summed E-state index contributed by atoms with van der Waals surface area (Å²) in [6, 6.07) is 22.9. The van der Waals surface area contributed by atoms with Crippen LogP contribution in [0.5, 0.6) is 5.75 Å². The number of anilines is 2. The van der Waals surface area contributed by atoms with Crippen LogP contribution in [-0.2, 0) is 0 Å². The van der Waals surface area contributed by atoms with Gasteiger partial charge in [-0.15, -0.1) is 0 Å². The van der Waals surface area contributed by atoms with Gasteiger partial charge in [0.05, 0.1) is 16.3 Å². The number of rotatable bonds is 4. The van der Waals surface area contributed by atoms with Crippen LogP contribution in [0.25, 0.3) is 10.8 Å². The van der Waals surface area contributed by atoms with E-state index in [1.54, 1.807) is 18.2 Å². The van der Waals surface area contributed by atoms with Gasteiger partial charge in [-0.3, -0.25) is 10.1 Å². The van der Waals surface area contributed by atoms with Gasteiger partial charge in [-0.25, -0.2) is 0 Å². The summed E-state index contributed by atoms with van der Waals surface area (Å²) >= 11 is 0. The van der Waals surface area contributed by atoms with E-state index in [1.165, 1.54) is 24.3 Å². The molecule has 0 saturated carbocycles. The summed E-state index contributed by atoms with van der Waals surface area (Å²) < 4.78 is 0. The largest absolute Gasteiger partial charge is 0.508 e. The van der Waals surface area contributed by atoms with E-state index in [-0.39, 0.29) is 18.4 Å². The predicted molar refractivity (Wildman–Crippen MR) is 122 cm³/mol. The normalized spacial score (nSPS) is 12.6. The molecular weight excluding hydrogens is 393 g/mol. The molecule has 1 aliphatic heterocycles. The second-order valence-electron chi connectivity index (χ2n) is 7.15. The average Bonchev–Trinajstić information content (AvgIpc) is 2.79. The Balaban J connectivity index is 1.49. The molecule has 0 bridgehead atoms. The molecule has 0 amide bonds. The second kappa shape index (κ2) is 7.45. The number of phenols is 1. The Morgan fingerprint density at radius 3 is 2.19 bits per heavy atom. The van der Waals surface area contributed by atoms with Crippen LogP contribution >= 0.6 is 0 Å². The fourth-order valence-corrected chi connectivity index (χ4v) is 3.70. The molecule has 0 fully saturated rings. The number of azo groups is 1. The van der Waals surface area contributed by atoms with Crippen LogP contribution in [0.3, 0.4) is 0 Å². The lowest BCUT2D eigenvalue weighted by atomic mass is 9.65. The molecule has 1 heterocycles. The second-order valence-corrected chi connectivity index (χ2v) is 7.15. The highest BCUT2D eigenvalue weighted by molar-refractivity contribution is 6.81. The maximum Gasteiger partial charge on any atom is 0.408 e. The first kappa shape index (κ1) is 18.6. The SMILES string of the molecule is O=[N+]([O-])c1ccc(N=Nc2ccc(O)cc2B2Nc3cccc4cccc(c34)N2)cc1. The van der Waals surface area contributed by atoms with Crippen molar-refractivity contribution in [3.63, 3.8) is 0 Å². The molecule has 0 spiro atoms. The molecular formula is C22H16BN5O3. The van der Waals surface area contributed by atoms with Crippen molar-refractivity contribution in [3.8, 4) is 5.75 Å². The number of nitro groups is 1. The van der Waals surface area contributed by atoms with Gasteiger partial charge in [0, 0.05) is 28.9 Å². The van der Waals surface area contributed by atoms with Crippen molar-refractivity contribution >= 4 is 51.7 Å². The van der Waals surface area contributed by atoms with E-state index >= 15 is 0 Å². The summed E-state index contributed by atoms with van der Waals surface area (Å²) in [5.41, 5.74) is 3.73. The van der Waals surface area contributed by atoms with Gasteiger partial charge in [0.1, 0.15) is 5.75 Å². The van der Waals surface area contributed by atoms with Gasteiger partial charge in [0.2, 0.25) is 0 Å². The number of nitro benzene ring substituents is 1. The lowest BCUT2D eigenvalue weighted by Gasteiger charge is -2.27. The molecule has 31 heavy (non-hydrogen) atoms. The molecule has 4 aromatic rings. The highest BCUT2D eigenvalue weighted by Crippen LogP contribution is 2.34. The number of phenolic OH excluding ortho intramolecular Hbond substituents is 1. The molecule has 9 heteroatoms. The van der Waals surface area contributed by atoms with Crippen molar-refractivity contribution in [2.24, 2.45) is 10.2 Å². The average molecular weight is 409 g/mol. The summed E-state index contributed by atoms with van der Waals surface area (Å²) in [5.74, 6) is 0.116. The topological polar surface area (TPSA) is 112 Å². The first-order chi connectivity index (χ1) is 15.1. The van der Waals surface area contributed by atoms with E-state index in [0.29, 0.717) is 11.4 Å². The molecule has 1 aliphatic rings. The summed E-state index contributed by atoms with van der Waals surface area (Å²) in [5, 5.41) is 38.6. The first-order valence-electron chi connectivity index (χ1n) is 9.62. The summed E-state index contributed by atoms with van der Waals surface area (Å²) in [7, 11) is 0. The van der Waals surface area contributed by atoms with Crippen molar-refractivity contribution in [2.45, 2.75) is 0 Å². The Morgan fingerprint density at radius 1 is 0.871 bits per heavy atom. The van der Waals surface area contributed by atoms with E-state index in [0.717, 1.165) is 27.6 Å². The monoisotopic (exact) mass is 409 g/mol. The lowest BCUT2D eigenvalue weighted by molar-refractivity contribution is -0.384. The number of hydrogen-bond donors (Lipinski definition) is 3. The molecule has 0 atom stereocenters. The Labute approximate surface area is 177 Å². The molecule has 0 aromatic heterocycles. The molecule has 0 saturated heterocycles. The molecule has 150 valence electrons. The number of hydrogen-bond acceptors (Lipinski definition) is 7. The Morgan fingerprint density at radius 2 is 1.55 bits per heavy atom. The van der Waals surface area contributed by atoms with E-state index in [4.69, 9.17) is 0 Å². The fourth-order valence-electron chi connectivity index (χ4n) is 3.70. The van der Waals surface area contributed by atoms with Crippen molar-refractivity contribution in [3.05, 3.63) is 89.0 Å². The van der Waals surface area contributed by atoms with E-state index in [1.807, 2.05) is 24.3 Å². The van der Waals surface area contributed by atoms with Gasteiger partial charge in [-0.1, -0.05) is 24.3 Å². The molecule has 3 N–H and O–H groups in total. The quantitative estimate of drug-likeness (QED) is 0.188. The Hall–Kier alpha value is -4.40. The summed E-state index contributed by atoms with van der Waals surface area (Å²) in [6.45, 7) is -0.335. The molecule has 5 rings (SSSR count). The number of nitrogens with one attached hydrogen (secondary N) is 2. The van der Waals surface area contributed by atoms with Crippen LogP contribution in [0.4, 0.5) is 28.4 Å². The van der Waals surface area contributed by atoms with Gasteiger partial charge in [0.15, 0.2) is 0 Å². The van der Waals surface area contributed by atoms with E-state index in [9.17, 15) is 15.2 Å². The zero-order chi connectivity index (χ0) is 21.4. The number of benzene rings is 4. The lowest BCUT2D eigenvalue weighted by Crippen LogP contribution is -2.47. The zero-order valence-electron chi connectivity index (χ0n) is 16.2. The minimum atomic E-state index is -0.461. The minimum Gasteiger partial charge on any atom is -0.508 e. The highest BCUT2D eigenvalue weighted by Gasteiger charge is 2.28. The Bertz CT molecular complexity index is 1300. The van der Waals surface area contributed by atoms with Crippen molar-refractivity contribution in [1.82, 2.24) is 0 Å². The van der Waals surface area contributed by atoms with Crippen molar-refractivity contribution < 1.29 is 10.0 Å². The van der Waals surface area contributed by atoms with Gasteiger partial charge in [0.25, 0.3) is 5.69 Å². The molecule has 0 radical (unpaired) electrons. The van der Waals surface area contributed by atoms with Gasteiger partial charge >= 0.3 is 6.98 Å². The van der Waals surface area contributed by atoms with E-state index < -0.39 is 4.92 Å². The van der Waals surface area contributed by atoms with Gasteiger partial charge in [-0.2, -0.15) is 10.2 Å².